The van der Waals surface area contributed by atoms with Crippen molar-refractivity contribution < 1.29 is 9.53 Å². The first-order valence-electron chi connectivity index (χ1n) is 6.52. The Morgan fingerprint density at radius 1 is 1.52 bits per heavy atom. The number of hydrogen-bond acceptors (Lipinski definition) is 5. The fourth-order valence-electron chi connectivity index (χ4n) is 1.68. The van der Waals surface area contributed by atoms with Crippen LogP contribution in [-0.4, -0.2) is 32.6 Å². The number of ether oxygens (including phenoxy) is 1. The maximum Gasteiger partial charge on any atom is 0.319 e. The van der Waals surface area contributed by atoms with Gasteiger partial charge in [-0.25, -0.2) is 0 Å². The van der Waals surface area contributed by atoms with E-state index in [1.807, 2.05) is 25.1 Å². The van der Waals surface area contributed by atoms with Gasteiger partial charge in [0.25, 0.3) is 0 Å². The molecule has 0 spiro atoms. The number of benzene rings is 1. The van der Waals surface area contributed by atoms with E-state index in [-0.39, 0.29) is 11.2 Å². The SMILES string of the molecule is CCOC(=O)C(C)Sc1nncn1-c1ccc(C)c(Cl)c1. The Kier molecular flexibility index (Phi) is 5.25. The van der Waals surface area contributed by atoms with Crippen molar-refractivity contribution >= 4 is 29.3 Å². The van der Waals surface area contributed by atoms with Crippen LogP contribution in [0.15, 0.2) is 29.7 Å². The minimum absolute atomic E-state index is 0.265. The Bertz CT molecular complexity index is 645. The highest BCUT2D eigenvalue weighted by Gasteiger charge is 2.19. The second kappa shape index (κ2) is 6.95. The van der Waals surface area contributed by atoms with Gasteiger partial charge >= 0.3 is 5.97 Å². The van der Waals surface area contributed by atoms with Gasteiger partial charge in [-0.2, -0.15) is 0 Å². The highest BCUT2D eigenvalue weighted by Crippen LogP contribution is 2.26. The van der Waals surface area contributed by atoms with Gasteiger partial charge in [-0.3, -0.25) is 9.36 Å². The van der Waals surface area contributed by atoms with Crippen molar-refractivity contribution in [2.45, 2.75) is 31.2 Å². The van der Waals surface area contributed by atoms with Crippen LogP contribution in [0.1, 0.15) is 19.4 Å². The van der Waals surface area contributed by atoms with Gasteiger partial charge in [0.05, 0.1) is 12.3 Å². The van der Waals surface area contributed by atoms with Crippen LogP contribution in [0.25, 0.3) is 5.69 Å². The van der Waals surface area contributed by atoms with Gasteiger partial charge in [-0.15, -0.1) is 10.2 Å². The molecule has 0 N–H and O–H groups in total. The molecule has 0 aliphatic heterocycles. The number of nitrogens with zero attached hydrogens (tertiary/aromatic N) is 3. The topological polar surface area (TPSA) is 57.0 Å². The van der Waals surface area contributed by atoms with Crippen LogP contribution in [-0.2, 0) is 9.53 Å². The third kappa shape index (κ3) is 3.77. The summed E-state index contributed by atoms with van der Waals surface area (Å²) in [7, 11) is 0. The maximum absolute atomic E-state index is 11.7. The molecule has 0 bridgehead atoms. The van der Waals surface area contributed by atoms with Crippen molar-refractivity contribution in [3.05, 3.63) is 35.1 Å². The summed E-state index contributed by atoms with van der Waals surface area (Å²) in [4.78, 5) is 11.7. The largest absolute Gasteiger partial charge is 0.465 e. The number of rotatable bonds is 5. The van der Waals surface area contributed by atoms with Gasteiger partial charge in [0, 0.05) is 5.02 Å². The lowest BCUT2D eigenvalue weighted by Crippen LogP contribution is -2.17. The number of carbonyl (C=O) groups excluding carboxylic acids is 1. The minimum atomic E-state index is -0.353. The maximum atomic E-state index is 11.7. The van der Waals surface area contributed by atoms with Gasteiger partial charge in [0.15, 0.2) is 5.16 Å². The molecule has 2 rings (SSSR count). The van der Waals surface area contributed by atoms with Gasteiger partial charge in [0.2, 0.25) is 0 Å². The summed E-state index contributed by atoms with van der Waals surface area (Å²) in [6.07, 6.45) is 1.60. The minimum Gasteiger partial charge on any atom is -0.465 e. The normalized spacial score (nSPS) is 12.2. The van der Waals surface area contributed by atoms with E-state index >= 15 is 0 Å². The Balaban J connectivity index is 2.22. The number of thioether (sulfide) groups is 1. The molecule has 1 unspecified atom stereocenters. The number of esters is 1. The van der Waals surface area contributed by atoms with Crippen molar-refractivity contribution in [2.24, 2.45) is 0 Å². The lowest BCUT2D eigenvalue weighted by Gasteiger charge is -2.11. The van der Waals surface area contributed by atoms with Crippen LogP contribution in [0.2, 0.25) is 5.02 Å². The highest BCUT2D eigenvalue weighted by molar-refractivity contribution is 8.00. The molecule has 0 aliphatic carbocycles. The van der Waals surface area contributed by atoms with Gasteiger partial charge in [0.1, 0.15) is 11.6 Å². The zero-order chi connectivity index (χ0) is 15.4. The Morgan fingerprint density at radius 3 is 2.95 bits per heavy atom. The third-order valence-corrected chi connectivity index (χ3v) is 4.29. The molecule has 1 atom stereocenters. The van der Waals surface area contributed by atoms with E-state index < -0.39 is 0 Å². The molecular formula is C14H16ClN3O2S. The molecular weight excluding hydrogens is 310 g/mol. The zero-order valence-electron chi connectivity index (χ0n) is 12.0. The summed E-state index contributed by atoms with van der Waals surface area (Å²) in [5.41, 5.74) is 1.86. The highest BCUT2D eigenvalue weighted by atomic mass is 35.5. The van der Waals surface area contributed by atoms with E-state index in [0.717, 1.165) is 11.3 Å². The number of carbonyl (C=O) groups is 1. The average Bonchev–Trinajstić information content (AvgIpc) is 2.90. The number of aromatic nitrogens is 3. The Morgan fingerprint density at radius 2 is 2.29 bits per heavy atom. The van der Waals surface area contributed by atoms with Crippen molar-refractivity contribution in [2.75, 3.05) is 6.61 Å². The number of aryl methyl sites for hydroxylation is 1. The first-order chi connectivity index (χ1) is 10.0. The molecule has 0 saturated heterocycles. The standard InChI is InChI=1S/C14H16ClN3O2S/c1-4-20-13(19)10(3)21-14-17-16-8-18(14)11-6-5-9(2)12(15)7-11/h5-8,10H,4H2,1-3H3. The monoisotopic (exact) mass is 325 g/mol. The predicted molar refractivity (Wildman–Crippen MR) is 83.1 cm³/mol. The molecule has 0 aliphatic rings. The van der Waals surface area contributed by atoms with Gasteiger partial charge in [-0.05, 0) is 38.5 Å². The van der Waals surface area contributed by atoms with Crippen molar-refractivity contribution in [3.8, 4) is 5.69 Å². The predicted octanol–water partition coefficient (Wildman–Crippen LogP) is 3.27. The molecule has 5 nitrogen and oxygen atoms in total. The quantitative estimate of drug-likeness (QED) is 0.623. The molecule has 112 valence electrons. The van der Waals surface area contributed by atoms with Gasteiger partial charge < -0.3 is 4.74 Å². The number of hydrogen-bond donors (Lipinski definition) is 0. The first-order valence-corrected chi connectivity index (χ1v) is 7.78. The van der Waals surface area contributed by atoms with Crippen molar-refractivity contribution in [1.29, 1.82) is 0 Å². The van der Waals surface area contributed by atoms with E-state index in [0.29, 0.717) is 16.8 Å². The summed E-state index contributed by atoms with van der Waals surface area (Å²) in [6, 6.07) is 5.71. The summed E-state index contributed by atoms with van der Waals surface area (Å²) < 4.78 is 6.79. The Hall–Kier alpha value is -1.53. The molecule has 1 aromatic heterocycles. The van der Waals surface area contributed by atoms with E-state index in [4.69, 9.17) is 16.3 Å². The zero-order valence-corrected chi connectivity index (χ0v) is 13.6. The van der Waals surface area contributed by atoms with Crippen LogP contribution < -0.4 is 0 Å². The summed E-state index contributed by atoms with van der Waals surface area (Å²) in [5.74, 6) is -0.265. The van der Waals surface area contributed by atoms with E-state index in [1.54, 1.807) is 24.7 Å². The molecule has 0 amide bonds. The molecule has 21 heavy (non-hydrogen) atoms. The van der Waals surface area contributed by atoms with E-state index in [1.165, 1.54) is 11.8 Å². The van der Waals surface area contributed by atoms with E-state index in [2.05, 4.69) is 10.2 Å². The molecule has 1 aromatic carbocycles. The second-order valence-electron chi connectivity index (χ2n) is 4.43. The average molecular weight is 326 g/mol. The summed E-state index contributed by atoms with van der Waals surface area (Å²) in [5, 5.41) is 8.90. The van der Waals surface area contributed by atoms with Crippen molar-refractivity contribution in [3.63, 3.8) is 0 Å². The van der Waals surface area contributed by atoms with Crippen LogP contribution in [0, 0.1) is 6.92 Å². The van der Waals surface area contributed by atoms with Crippen LogP contribution in [0.4, 0.5) is 0 Å². The van der Waals surface area contributed by atoms with Crippen LogP contribution in [0.5, 0.6) is 0 Å². The second-order valence-corrected chi connectivity index (χ2v) is 6.14. The first kappa shape index (κ1) is 15.9. The third-order valence-electron chi connectivity index (χ3n) is 2.85. The molecule has 2 aromatic rings. The lowest BCUT2D eigenvalue weighted by atomic mass is 10.2. The van der Waals surface area contributed by atoms with Gasteiger partial charge in [-0.1, -0.05) is 29.4 Å². The summed E-state index contributed by atoms with van der Waals surface area (Å²) >= 11 is 7.45. The number of halogens is 1. The fraction of sp³-hybridized carbons (Fsp3) is 0.357. The van der Waals surface area contributed by atoms with Crippen LogP contribution >= 0.6 is 23.4 Å². The molecule has 1 heterocycles. The smallest absolute Gasteiger partial charge is 0.319 e. The van der Waals surface area contributed by atoms with E-state index in [9.17, 15) is 4.79 Å². The fourth-order valence-corrected chi connectivity index (χ4v) is 2.70. The molecule has 7 heteroatoms. The molecule has 0 saturated carbocycles. The van der Waals surface area contributed by atoms with Crippen molar-refractivity contribution in [1.82, 2.24) is 14.8 Å². The van der Waals surface area contributed by atoms with Crippen LogP contribution in [0.3, 0.4) is 0 Å². The molecule has 0 fully saturated rings. The Labute approximate surface area is 132 Å². The lowest BCUT2D eigenvalue weighted by molar-refractivity contribution is -0.142. The summed E-state index contributed by atoms with van der Waals surface area (Å²) in [6.45, 7) is 5.87. The molecule has 0 radical (unpaired) electrons.